The van der Waals surface area contributed by atoms with Gasteiger partial charge in [0.2, 0.25) is 6.29 Å². The van der Waals surface area contributed by atoms with E-state index in [-0.39, 0.29) is 6.61 Å². The molecule has 0 bridgehead atoms. The fraction of sp³-hybridized carbons (Fsp3) is 0.400. The van der Waals surface area contributed by atoms with Crippen molar-refractivity contribution in [3.63, 3.8) is 0 Å². The summed E-state index contributed by atoms with van der Waals surface area (Å²) < 4.78 is 47.6. The van der Waals surface area contributed by atoms with Gasteiger partial charge in [0.05, 0.1) is 38.6 Å². The molecule has 7 atom stereocenters. The van der Waals surface area contributed by atoms with E-state index < -0.39 is 36.3 Å². The summed E-state index contributed by atoms with van der Waals surface area (Å²) in [6.07, 6.45) is 1.13. The van der Waals surface area contributed by atoms with Crippen molar-refractivity contribution in [2.45, 2.75) is 88.4 Å². The van der Waals surface area contributed by atoms with Crippen molar-refractivity contribution in [1.29, 1.82) is 0 Å². The van der Waals surface area contributed by atoms with Gasteiger partial charge in [0.1, 0.15) is 30.2 Å². The number of hydrogen-bond donors (Lipinski definition) is 0. The molecule has 1 aliphatic heterocycles. The van der Waals surface area contributed by atoms with Gasteiger partial charge in [-0.2, -0.15) is 0 Å². The molecule has 58 heavy (non-hydrogen) atoms. The quantitative estimate of drug-likeness (QED) is 0.0821. The topological polar surface area (TPSA) is 67.9 Å². The predicted octanol–water partition coefficient (Wildman–Crippen LogP) is 9.36. The highest BCUT2D eigenvalue weighted by Crippen LogP contribution is 2.46. The van der Waals surface area contributed by atoms with Gasteiger partial charge < -0.3 is 38.1 Å². The smallest absolute Gasteiger partial charge is 0.229 e. The monoisotopic (exact) mass is 785 g/mol. The van der Waals surface area contributed by atoms with E-state index >= 15 is 0 Å². The summed E-state index contributed by atoms with van der Waals surface area (Å²) in [7, 11) is 6.12. The number of rotatable bonds is 19. The molecule has 1 saturated heterocycles. The Morgan fingerprint density at radius 2 is 1.14 bits per heavy atom. The summed E-state index contributed by atoms with van der Waals surface area (Å²) in [6, 6.07) is 49.1. The van der Waals surface area contributed by atoms with Crippen LogP contribution in [0.3, 0.4) is 0 Å². The van der Waals surface area contributed by atoms with Crippen LogP contribution in [0.25, 0.3) is 0 Å². The molecule has 0 aromatic heterocycles. The van der Waals surface area contributed by atoms with E-state index in [2.05, 4.69) is 85.7 Å². The molecule has 306 valence electrons. The van der Waals surface area contributed by atoms with Gasteiger partial charge in [-0.25, -0.2) is 0 Å². The van der Waals surface area contributed by atoms with Crippen molar-refractivity contribution >= 4 is 0 Å². The van der Waals surface area contributed by atoms with Gasteiger partial charge in [0.25, 0.3) is 0 Å². The van der Waals surface area contributed by atoms with Crippen LogP contribution in [0.2, 0.25) is 0 Å². The Labute approximate surface area is 345 Å². The third-order valence-corrected chi connectivity index (χ3v) is 11.4. The second-order valence-corrected chi connectivity index (χ2v) is 15.8. The number of ether oxygens (including phenoxy) is 7. The molecule has 1 saturated carbocycles. The van der Waals surface area contributed by atoms with Crippen LogP contribution in [0.5, 0.6) is 5.75 Å². The molecule has 1 heterocycles. The zero-order valence-electron chi connectivity index (χ0n) is 34.2. The van der Waals surface area contributed by atoms with Crippen molar-refractivity contribution in [2.75, 3.05) is 34.4 Å². The lowest BCUT2D eigenvalue weighted by Gasteiger charge is -2.46. The summed E-state index contributed by atoms with van der Waals surface area (Å²) in [5.74, 6) is 1.02. The van der Waals surface area contributed by atoms with Crippen molar-refractivity contribution in [1.82, 2.24) is 4.90 Å². The van der Waals surface area contributed by atoms with E-state index in [4.69, 9.17) is 33.2 Å². The van der Waals surface area contributed by atoms with Gasteiger partial charge in [-0.3, -0.25) is 0 Å². The SMILES string of the molecule is CO[C@]1(c2cccc(O[C@@H]3OC(COCc4ccccc4)[C@@H](OCc4ccccc4)[C@@H](OCc4ccccc4)C3OCc3ccccc3)c2)CCCC[C@@H]1CN(C)C. The average molecular weight is 786 g/mol. The van der Waals surface area contributed by atoms with Gasteiger partial charge in [0.15, 0.2) is 0 Å². The number of benzene rings is 5. The Bertz CT molecular complexity index is 1910. The standard InChI is InChI=1S/C50H59NO7/c1-51(2)32-43-27-16-17-30-50(43,52-3)42-28-18-29-44(31-42)57-49-48(56-36-41-25-14-7-15-26-41)47(55-35-40-23-12-6-13-24-40)46(54-34-39-21-10-5-11-22-39)45(58-49)37-53-33-38-19-8-4-9-20-38/h4-15,18-26,28-29,31,43,45-49H,16-17,27,30,32-37H2,1-3H3/t43-,45?,46-,47-,48?,49-,50+/m1/s1. The second kappa shape index (κ2) is 21.0. The maximum absolute atomic E-state index is 7.01. The maximum atomic E-state index is 7.01. The number of hydrogen-bond acceptors (Lipinski definition) is 8. The Morgan fingerprint density at radius 1 is 0.603 bits per heavy atom. The van der Waals surface area contributed by atoms with Crippen LogP contribution in [0, 0.1) is 5.92 Å². The summed E-state index contributed by atoms with van der Waals surface area (Å²) in [5.41, 5.74) is 4.89. The highest BCUT2D eigenvalue weighted by Gasteiger charge is 2.50. The largest absolute Gasteiger partial charge is 0.462 e. The van der Waals surface area contributed by atoms with Crippen LogP contribution in [-0.2, 0) is 60.4 Å². The molecule has 2 aliphatic rings. The molecule has 2 fully saturated rings. The van der Waals surface area contributed by atoms with Gasteiger partial charge in [-0.1, -0.05) is 146 Å². The first-order valence-corrected chi connectivity index (χ1v) is 20.7. The van der Waals surface area contributed by atoms with Gasteiger partial charge in [-0.05, 0) is 66.9 Å². The molecule has 8 heteroatoms. The second-order valence-electron chi connectivity index (χ2n) is 15.8. The van der Waals surface area contributed by atoms with E-state index in [1.807, 2.05) is 86.0 Å². The Kier molecular flexibility index (Phi) is 15.2. The average Bonchev–Trinajstić information content (AvgIpc) is 3.26. The maximum Gasteiger partial charge on any atom is 0.229 e. The van der Waals surface area contributed by atoms with E-state index in [0.717, 1.165) is 53.6 Å². The highest BCUT2D eigenvalue weighted by atomic mass is 16.7. The van der Waals surface area contributed by atoms with Gasteiger partial charge in [0, 0.05) is 19.6 Å². The molecule has 5 aromatic rings. The Balaban J connectivity index is 1.24. The van der Waals surface area contributed by atoms with E-state index in [1.165, 1.54) is 6.42 Å². The van der Waals surface area contributed by atoms with E-state index in [0.29, 0.717) is 38.1 Å². The van der Waals surface area contributed by atoms with Gasteiger partial charge in [-0.15, -0.1) is 0 Å². The van der Waals surface area contributed by atoms with Gasteiger partial charge >= 0.3 is 0 Å². The molecule has 5 aromatic carbocycles. The molecule has 0 radical (unpaired) electrons. The lowest BCUT2D eigenvalue weighted by atomic mass is 9.71. The first-order valence-electron chi connectivity index (χ1n) is 20.7. The van der Waals surface area contributed by atoms with Crippen LogP contribution >= 0.6 is 0 Å². The minimum atomic E-state index is -0.857. The summed E-state index contributed by atoms with van der Waals surface area (Å²) >= 11 is 0. The fourth-order valence-electron chi connectivity index (χ4n) is 8.47. The number of methoxy groups -OCH3 is 1. The van der Waals surface area contributed by atoms with Crippen molar-refractivity contribution in [2.24, 2.45) is 5.92 Å². The third-order valence-electron chi connectivity index (χ3n) is 11.4. The van der Waals surface area contributed by atoms with Crippen LogP contribution in [-0.4, -0.2) is 70.0 Å². The molecule has 0 spiro atoms. The first-order chi connectivity index (χ1) is 28.5. The van der Waals surface area contributed by atoms with Crippen molar-refractivity contribution < 1.29 is 33.2 Å². The molecule has 2 unspecified atom stereocenters. The molecular weight excluding hydrogens is 727 g/mol. The molecule has 7 rings (SSSR count). The van der Waals surface area contributed by atoms with Crippen LogP contribution in [0.1, 0.15) is 53.5 Å². The molecular formula is C50H59NO7. The normalized spacial score (nSPS) is 24.8. The lowest BCUT2D eigenvalue weighted by Crippen LogP contribution is -2.62. The fourth-order valence-corrected chi connectivity index (χ4v) is 8.47. The molecule has 0 N–H and O–H groups in total. The zero-order chi connectivity index (χ0) is 40.0. The van der Waals surface area contributed by atoms with Crippen LogP contribution in [0.4, 0.5) is 0 Å². The van der Waals surface area contributed by atoms with Crippen molar-refractivity contribution in [3.05, 3.63) is 173 Å². The van der Waals surface area contributed by atoms with E-state index in [9.17, 15) is 0 Å². The van der Waals surface area contributed by atoms with E-state index in [1.54, 1.807) is 0 Å². The minimum Gasteiger partial charge on any atom is -0.462 e. The van der Waals surface area contributed by atoms with Crippen LogP contribution in [0.15, 0.2) is 146 Å². The predicted molar refractivity (Wildman–Crippen MR) is 226 cm³/mol. The minimum absolute atomic E-state index is 0.254. The first kappa shape index (κ1) is 41.8. The Morgan fingerprint density at radius 3 is 1.69 bits per heavy atom. The number of nitrogens with zero attached hydrogens (tertiary/aromatic N) is 1. The summed E-state index contributed by atoms with van der Waals surface area (Å²) in [6.45, 7) is 2.67. The zero-order valence-corrected chi connectivity index (χ0v) is 34.2. The molecule has 0 amide bonds. The lowest BCUT2D eigenvalue weighted by molar-refractivity contribution is -0.310. The molecule has 1 aliphatic carbocycles. The summed E-state index contributed by atoms with van der Waals surface area (Å²) in [4.78, 5) is 2.26. The Hall–Kier alpha value is -4.38. The molecule has 8 nitrogen and oxygen atoms in total. The van der Waals surface area contributed by atoms with Crippen molar-refractivity contribution in [3.8, 4) is 5.75 Å². The van der Waals surface area contributed by atoms with Crippen LogP contribution < -0.4 is 4.74 Å². The summed E-state index contributed by atoms with van der Waals surface area (Å²) in [5, 5.41) is 0. The highest BCUT2D eigenvalue weighted by molar-refractivity contribution is 5.34. The third kappa shape index (κ3) is 11.0.